The van der Waals surface area contributed by atoms with Crippen LogP contribution in [-0.2, 0) is 9.53 Å². The van der Waals surface area contributed by atoms with Crippen molar-refractivity contribution in [3.05, 3.63) is 0 Å². The van der Waals surface area contributed by atoms with E-state index in [1.54, 1.807) is 0 Å². The molecule has 0 saturated heterocycles. The minimum Gasteiger partial charge on any atom is -0.469 e. The molecule has 0 amide bonds. The summed E-state index contributed by atoms with van der Waals surface area (Å²) in [6.07, 6.45) is 3.58. The van der Waals surface area contributed by atoms with Crippen LogP contribution < -0.4 is 0 Å². The van der Waals surface area contributed by atoms with Crippen LogP contribution in [0.25, 0.3) is 0 Å². The van der Waals surface area contributed by atoms with Gasteiger partial charge in [0.1, 0.15) is 0 Å². The van der Waals surface area contributed by atoms with Crippen LogP contribution >= 0.6 is 0 Å². The molecular weight excluding hydrogens is 204 g/mol. The number of esters is 1. The SMILES string of the molecule is COC(=O)C(C(C)C)C1(O)CCCC(C)C1. The lowest BCUT2D eigenvalue weighted by Gasteiger charge is -2.41. The molecule has 0 aromatic rings. The Kier molecular flexibility index (Phi) is 4.36. The third-order valence-electron chi connectivity index (χ3n) is 3.71. The van der Waals surface area contributed by atoms with Crippen LogP contribution in [0.15, 0.2) is 0 Å². The maximum absolute atomic E-state index is 11.8. The summed E-state index contributed by atoms with van der Waals surface area (Å²) in [6, 6.07) is 0. The van der Waals surface area contributed by atoms with Gasteiger partial charge < -0.3 is 9.84 Å². The van der Waals surface area contributed by atoms with Crippen LogP contribution in [0.5, 0.6) is 0 Å². The normalized spacial score (nSPS) is 32.5. The molecule has 1 N–H and O–H groups in total. The van der Waals surface area contributed by atoms with E-state index in [-0.39, 0.29) is 17.8 Å². The molecule has 0 bridgehead atoms. The molecule has 1 fully saturated rings. The standard InChI is InChI=1S/C13H24O3/c1-9(2)11(12(14)16-4)13(15)7-5-6-10(3)8-13/h9-11,15H,5-8H2,1-4H3. The van der Waals surface area contributed by atoms with Gasteiger partial charge in [0.05, 0.1) is 18.6 Å². The highest BCUT2D eigenvalue weighted by molar-refractivity contribution is 5.74. The molecule has 0 aromatic heterocycles. The summed E-state index contributed by atoms with van der Waals surface area (Å²) in [5, 5.41) is 10.7. The zero-order chi connectivity index (χ0) is 12.3. The molecule has 3 heteroatoms. The zero-order valence-corrected chi connectivity index (χ0v) is 10.8. The first-order chi connectivity index (χ1) is 7.40. The molecule has 0 radical (unpaired) electrons. The zero-order valence-electron chi connectivity index (χ0n) is 10.8. The van der Waals surface area contributed by atoms with Gasteiger partial charge in [0, 0.05) is 0 Å². The molecule has 0 heterocycles. The summed E-state index contributed by atoms with van der Waals surface area (Å²) < 4.78 is 4.83. The monoisotopic (exact) mass is 228 g/mol. The fourth-order valence-electron chi connectivity index (χ4n) is 3.09. The Morgan fingerprint density at radius 3 is 2.56 bits per heavy atom. The van der Waals surface area contributed by atoms with Crippen LogP contribution in [0.4, 0.5) is 0 Å². The molecule has 0 spiro atoms. The summed E-state index contributed by atoms with van der Waals surface area (Å²) in [4.78, 5) is 11.8. The van der Waals surface area contributed by atoms with E-state index in [2.05, 4.69) is 6.92 Å². The molecule has 1 aliphatic carbocycles. The second kappa shape index (κ2) is 5.17. The van der Waals surface area contributed by atoms with Crippen molar-refractivity contribution in [2.45, 2.75) is 52.1 Å². The second-order valence-electron chi connectivity index (χ2n) is 5.55. The quantitative estimate of drug-likeness (QED) is 0.754. The Morgan fingerprint density at radius 1 is 1.50 bits per heavy atom. The van der Waals surface area contributed by atoms with Crippen molar-refractivity contribution >= 4 is 5.97 Å². The van der Waals surface area contributed by atoms with Crippen LogP contribution in [0.2, 0.25) is 0 Å². The maximum atomic E-state index is 11.8. The topological polar surface area (TPSA) is 46.5 Å². The number of carbonyl (C=O) groups excluding carboxylic acids is 1. The van der Waals surface area contributed by atoms with Gasteiger partial charge in [-0.05, 0) is 24.7 Å². The smallest absolute Gasteiger partial charge is 0.311 e. The van der Waals surface area contributed by atoms with Crippen molar-refractivity contribution in [3.8, 4) is 0 Å². The number of hydrogen-bond donors (Lipinski definition) is 1. The van der Waals surface area contributed by atoms with Gasteiger partial charge in [0.15, 0.2) is 0 Å². The molecule has 3 atom stereocenters. The Balaban J connectivity index is 2.87. The molecule has 3 nitrogen and oxygen atoms in total. The Bertz CT molecular complexity index is 250. The van der Waals surface area contributed by atoms with Crippen LogP contribution in [0.1, 0.15) is 46.5 Å². The first-order valence-electron chi connectivity index (χ1n) is 6.21. The predicted octanol–water partition coefficient (Wildman–Crippen LogP) is 2.37. The fraction of sp³-hybridized carbons (Fsp3) is 0.923. The van der Waals surface area contributed by atoms with Gasteiger partial charge >= 0.3 is 5.97 Å². The van der Waals surface area contributed by atoms with Crippen LogP contribution in [-0.4, -0.2) is 23.8 Å². The molecule has 94 valence electrons. The Hall–Kier alpha value is -0.570. The van der Waals surface area contributed by atoms with E-state index in [0.717, 1.165) is 19.3 Å². The summed E-state index contributed by atoms with van der Waals surface area (Å²) in [7, 11) is 1.40. The number of aliphatic hydroxyl groups is 1. The molecular formula is C13H24O3. The number of ether oxygens (including phenoxy) is 1. The van der Waals surface area contributed by atoms with E-state index >= 15 is 0 Å². The lowest BCUT2D eigenvalue weighted by atomic mass is 9.68. The van der Waals surface area contributed by atoms with Crippen LogP contribution in [0, 0.1) is 17.8 Å². The summed E-state index contributed by atoms with van der Waals surface area (Å²) in [5.41, 5.74) is -0.862. The van der Waals surface area contributed by atoms with Crippen molar-refractivity contribution in [1.29, 1.82) is 0 Å². The highest BCUT2D eigenvalue weighted by Gasteiger charge is 2.45. The van der Waals surface area contributed by atoms with Crippen molar-refractivity contribution in [2.24, 2.45) is 17.8 Å². The van der Waals surface area contributed by atoms with Crippen molar-refractivity contribution in [1.82, 2.24) is 0 Å². The lowest BCUT2D eigenvalue weighted by molar-refractivity contribution is -0.164. The van der Waals surface area contributed by atoms with E-state index < -0.39 is 5.60 Å². The van der Waals surface area contributed by atoms with Gasteiger partial charge in [-0.1, -0.05) is 33.6 Å². The van der Waals surface area contributed by atoms with Gasteiger partial charge in [0.25, 0.3) is 0 Å². The molecule has 16 heavy (non-hydrogen) atoms. The average Bonchev–Trinajstić information content (AvgIpc) is 2.15. The van der Waals surface area contributed by atoms with Gasteiger partial charge in [-0.25, -0.2) is 0 Å². The number of hydrogen-bond acceptors (Lipinski definition) is 3. The second-order valence-corrected chi connectivity index (χ2v) is 5.55. The maximum Gasteiger partial charge on any atom is 0.311 e. The van der Waals surface area contributed by atoms with Crippen molar-refractivity contribution in [3.63, 3.8) is 0 Å². The summed E-state index contributed by atoms with van der Waals surface area (Å²) in [6.45, 7) is 6.08. The number of carbonyl (C=O) groups is 1. The highest BCUT2D eigenvalue weighted by Crippen LogP contribution is 2.40. The van der Waals surface area contributed by atoms with Gasteiger partial charge in [0.2, 0.25) is 0 Å². The lowest BCUT2D eigenvalue weighted by Crippen LogP contribution is -2.48. The number of methoxy groups -OCH3 is 1. The van der Waals surface area contributed by atoms with Crippen molar-refractivity contribution in [2.75, 3.05) is 7.11 Å². The van der Waals surface area contributed by atoms with Gasteiger partial charge in [-0.15, -0.1) is 0 Å². The van der Waals surface area contributed by atoms with E-state index in [1.807, 2.05) is 13.8 Å². The summed E-state index contributed by atoms with van der Waals surface area (Å²) >= 11 is 0. The highest BCUT2D eigenvalue weighted by atomic mass is 16.5. The largest absolute Gasteiger partial charge is 0.469 e. The van der Waals surface area contributed by atoms with E-state index in [9.17, 15) is 9.90 Å². The first kappa shape index (κ1) is 13.5. The Labute approximate surface area is 98.2 Å². The Morgan fingerprint density at radius 2 is 2.12 bits per heavy atom. The average molecular weight is 228 g/mol. The minimum absolute atomic E-state index is 0.114. The van der Waals surface area contributed by atoms with Gasteiger partial charge in [-0.3, -0.25) is 4.79 Å². The summed E-state index contributed by atoms with van der Waals surface area (Å²) in [5.74, 6) is -0.0562. The predicted molar refractivity (Wildman–Crippen MR) is 62.9 cm³/mol. The van der Waals surface area contributed by atoms with Crippen molar-refractivity contribution < 1.29 is 14.6 Å². The first-order valence-corrected chi connectivity index (χ1v) is 6.21. The third kappa shape index (κ3) is 2.76. The fourth-order valence-corrected chi connectivity index (χ4v) is 3.09. The third-order valence-corrected chi connectivity index (χ3v) is 3.71. The van der Waals surface area contributed by atoms with Gasteiger partial charge in [-0.2, -0.15) is 0 Å². The van der Waals surface area contributed by atoms with E-state index in [4.69, 9.17) is 4.74 Å². The number of rotatable bonds is 3. The minimum atomic E-state index is -0.862. The van der Waals surface area contributed by atoms with E-state index in [0.29, 0.717) is 12.3 Å². The van der Waals surface area contributed by atoms with E-state index in [1.165, 1.54) is 7.11 Å². The molecule has 0 aromatic carbocycles. The molecule has 1 saturated carbocycles. The molecule has 3 unspecified atom stereocenters. The van der Waals surface area contributed by atoms with Crippen LogP contribution in [0.3, 0.4) is 0 Å². The molecule has 1 aliphatic rings. The molecule has 1 rings (SSSR count). The molecule has 0 aliphatic heterocycles.